The number of aromatic nitrogens is 2. The van der Waals surface area contributed by atoms with Gasteiger partial charge in [-0.2, -0.15) is 0 Å². The van der Waals surface area contributed by atoms with Gasteiger partial charge in [0.05, 0.1) is 15.9 Å². The molecule has 0 spiro atoms. The van der Waals surface area contributed by atoms with E-state index in [0.717, 1.165) is 39.8 Å². The summed E-state index contributed by atoms with van der Waals surface area (Å²) in [5, 5.41) is 3.44. The van der Waals surface area contributed by atoms with E-state index >= 15 is 0 Å². The van der Waals surface area contributed by atoms with Gasteiger partial charge in [0.2, 0.25) is 0 Å². The van der Waals surface area contributed by atoms with Gasteiger partial charge in [0.25, 0.3) is 0 Å². The Morgan fingerprint density at radius 2 is 2.10 bits per heavy atom. The first-order chi connectivity index (χ1) is 10.2. The van der Waals surface area contributed by atoms with Crippen molar-refractivity contribution >= 4 is 28.4 Å². The Kier molecular flexibility index (Phi) is 6.67. The van der Waals surface area contributed by atoms with Crippen molar-refractivity contribution in [1.82, 2.24) is 9.97 Å². The molecule has 4 nitrogen and oxygen atoms in total. The summed E-state index contributed by atoms with van der Waals surface area (Å²) in [5.41, 5.74) is 1.02. The van der Waals surface area contributed by atoms with Gasteiger partial charge in [-0.05, 0) is 54.2 Å². The van der Waals surface area contributed by atoms with E-state index in [4.69, 9.17) is 14.7 Å². The summed E-state index contributed by atoms with van der Waals surface area (Å²) in [4.78, 5) is 9.62. The molecule has 0 aromatic carbocycles. The maximum absolute atomic E-state index is 5.31. The first-order valence-electron chi connectivity index (χ1n) is 7.98. The number of rotatable bonds is 7. The van der Waals surface area contributed by atoms with Crippen LogP contribution in [0.15, 0.2) is 0 Å². The molecule has 1 aliphatic carbocycles. The van der Waals surface area contributed by atoms with Crippen molar-refractivity contribution in [3.05, 3.63) is 15.1 Å². The zero-order valence-corrected chi connectivity index (χ0v) is 15.4. The van der Waals surface area contributed by atoms with Gasteiger partial charge in [-0.1, -0.05) is 20.3 Å². The molecule has 0 saturated heterocycles. The second kappa shape index (κ2) is 8.27. The molecule has 0 radical (unpaired) electrons. The van der Waals surface area contributed by atoms with Gasteiger partial charge in [0.1, 0.15) is 11.6 Å². The second-order valence-corrected chi connectivity index (χ2v) is 6.91. The molecule has 0 aliphatic heterocycles. The largest absolute Gasteiger partial charge is 0.378 e. The van der Waals surface area contributed by atoms with Gasteiger partial charge < -0.3 is 10.1 Å². The van der Waals surface area contributed by atoms with Crippen LogP contribution in [0.1, 0.15) is 63.4 Å². The number of hydrogen-bond donors (Lipinski definition) is 1. The molecule has 1 saturated carbocycles. The molecule has 0 bridgehead atoms. The van der Waals surface area contributed by atoms with E-state index in [9.17, 15) is 0 Å². The Morgan fingerprint density at radius 3 is 2.71 bits per heavy atom. The van der Waals surface area contributed by atoms with Crippen LogP contribution in [0, 0.1) is 9.49 Å². The summed E-state index contributed by atoms with van der Waals surface area (Å²) >= 11 is 2.33. The highest BCUT2D eigenvalue weighted by atomic mass is 127. The monoisotopic (exact) mass is 403 g/mol. The quantitative estimate of drug-likeness (QED) is 0.688. The first-order valence-corrected chi connectivity index (χ1v) is 9.06. The molecule has 1 fully saturated rings. The van der Waals surface area contributed by atoms with Crippen molar-refractivity contribution in [2.24, 2.45) is 5.92 Å². The summed E-state index contributed by atoms with van der Waals surface area (Å²) in [7, 11) is 1.72. The smallest absolute Gasteiger partial charge is 0.143 e. The number of halogens is 1. The minimum absolute atomic E-state index is 0.518. The Bertz CT molecular complexity index is 467. The molecule has 118 valence electrons. The molecular weight excluding hydrogens is 377 g/mol. The maximum atomic E-state index is 5.31. The molecule has 1 N–H and O–H groups in total. The topological polar surface area (TPSA) is 47.0 Å². The second-order valence-electron chi connectivity index (χ2n) is 5.84. The highest BCUT2D eigenvalue weighted by Crippen LogP contribution is 2.39. The van der Waals surface area contributed by atoms with Crippen LogP contribution in [0.4, 0.5) is 5.82 Å². The van der Waals surface area contributed by atoms with Crippen LogP contribution < -0.4 is 5.32 Å². The minimum Gasteiger partial charge on any atom is -0.378 e. The standard InChI is InChI=1S/C16H26IN3O/c1-4-8-18-16-14(17)13(10-21-3)19-15(20-16)12-7-6-11(5-2)9-12/h11-12H,4-10H2,1-3H3,(H,18,19,20). The van der Waals surface area contributed by atoms with Crippen LogP contribution in [0.5, 0.6) is 0 Å². The van der Waals surface area contributed by atoms with Crippen molar-refractivity contribution in [1.29, 1.82) is 0 Å². The van der Waals surface area contributed by atoms with Crippen LogP contribution in [-0.4, -0.2) is 23.6 Å². The summed E-state index contributed by atoms with van der Waals surface area (Å²) in [6, 6.07) is 0. The predicted octanol–water partition coefficient (Wildman–Crippen LogP) is 4.34. The van der Waals surface area contributed by atoms with Crippen molar-refractivity contribution in [3.8, 4) is 0 Å². The molecule has 1 heterocycles. The lowest BCUT2D eigenvalue weighted by Crippen LogP contribution is -2.13. The highest BCUT2D eigenvalue weighted by molar-refractivity contribution is 14.1. The average molecular weight is 403 g/mol. The zero-order valence-electron chi connectivity index (χ0n) is 13.3. The summed E-state index contributed by atoms with van der Waals surface area (Å²) < 4.78 is 6.40. The third-order valence-corrected chi connectivity index (χ3v) is 5.38. The Balaban J connectivity index is 2.25. The number of ether oxygens (including phenoxy) is 1. The molecule has 1 aliphatic rings. The summed E-state index contributed by atoms with van der Waals surface area (Å²) in [5.74, 6) is 3.35. The number of methoxy groups -OCH3 is 1. The molecule has 2 unspecified atom stereocenters. The van der Waals surface area contributed by atoms with E-state index in [0.29, 0.717) is 12.5 Å². The van der Waals surface area contributed by atoms with Gasteiger partial charge >= 0.3 is 0 Å². The SMILES string of the molecule is CCCNc1nc(C2CCC(CC)C2)nc(COC)c1I. The Hall–Kier alpha value is -0.430. The number of nitrogens with zero attached hydrogens (tertiary/aromatic N) is 2. The van der Waals surface area contributed by atoms with Gasteiger partial charge in [0, 0.05) is 19.6 Å². The van der Waals surface area contributed by atoms with Crippen molar-refractivity contribution in [3.63, 3.8) is 0 Å². The molecule has 0 amide bonds. The van der Waals surface area contributed by atoms with Crippen LogP contribution >= 0.6 is 22.6 Å². The van der Waals surface area contributed by atoms with E-state index in [2.05, 4.69) is 41.8 Å². The lowest BCUT2D eigenvalue weighted by atomic mass is 10.0. The minimum atomic E-state index is 0.518. The number of hydrogen-bond acceptors (Lipinski definition) is 4. The molecule has 1 aromatic heterocycles. The average Bonchev–Trinajstić information content (AvgIpc) is 2.97. The van der Waals surface area contributed by atoms with Crippen molar-refractivity contribution in [2.75, 3.05) is 19.0 Å². The van der Waals surface area contributed by atoms with E-state index in [1.807, 2.05) is 0 Å². The van der Waals surface area contributed by atoms with Gasteiger partial charge in [-0.25, -0.2) is 9.97 Å². The fourth-order valence-electron chi connectivity index (χ4n) is 2.97. The van der Waals surface area contributed by atoms with Gasteiger partial charge in [-0.3, -0.25) is 0 Å². The fourth-order valence-corrected chi connectivity index (χ4v) is 3.56. The summed E-state index contributed by atoms with van der Waals surface area (Å²) in [6.45, 7) is 5.95. The van der Waals surface area contributed by atoms with E-state index in [1.165, 1.54) is 25.7 Å². The van der Waals surface area contributed by atoms with E-state index in [1.54, 1.807) is 7.11 Å². The summed E-state index contributed by atoms with van der Waals surface area (Å²) in [6.07, 6.45) is 6.13. The van der Waals surface area contributed by atoms with Crippen molar-refractivity contribution < 1.29 is 4.74 Å². The number of nitrogens with one attached hydrogen (secondary N) is 1. The molecule has 21 heavy (non-hydrogen) atoms. The number of anilines is 1. The Labute approximate surface area is 141 Å². The highest BCUT2D eigenvalue weighted by Gasteiger charge is 2.28. The fraction of sp³-hybridized carbons (Fsp3) is 0.750. The van der Waals surface area contributed by atoms with Crippen molar-refractivity contribution in [2.45, 2.75) is 58.5 Å². The lowest BCUT2D eigenvalue weighted by molar-refractivity contribution is 0.180. The van der Waals surface area contributed by atoms with Gasteiger partial charge in [-0.15, -0.1) is 0 Å². The molecule has 5 heteroatoms. The molecule has 2 atom stereocenters. The van der Waals surface area contributed by atoms with Crippen LogP contribution in [0.2, 0.25) is 0 Å². The maximum Gasteiger partial charge on any atom is 0.143 e. The van der Waals surface area contributed by atoms with Crippen LogP contribution in [0.25, 0.3) is 0 Å². The molecule has 1 aromatic rings. The lowest BCUT2D eigenvalue weighted by Gasteiger charge is -2.15. The molecule has 2 rings (SSSR count). The predicted molar refractivity (Wildman–Crippen MR) is 94.6 cm³/mol. The van der Waals surface area contributed by atoms with Crippen LogP contribution in [-0.2, 0) is 11.3 Å². The molecular formula is C16H26IN3O. The third kappa shape index (κ3) is 4.28. The normalized spacial score (nSPS) is 21.7. The first kappa shape index (κ1) is 16.9. The zero-order chi connectivity index (χ0) is 15.2. The third-order valence-electron chi connectivity index (χ3n) is 4.24. The van der Waals surface area contributed by atoms with E-state index in [-0.39, 0.29) is 0 Å². The van der Waals surface area contributed by atoms with E-state index < -0.39 is 0 Å². The van der Waals surface area contributed by atoms with Gasteiger partial charge in [0.15, 0.2) is 0 Å². The Morgan fingerprint density at radius 1 is 1.29 bits per heavy atom. The van der Waals surface area contributed by atoms with Crippen LogP contribution in [0.3, 0.4) is 0 Å².